The van der Waals surface area contributed by atoms with Gasteiger partial charge in [-0.2, -0.15) is 5.10 Å². The number of hydrogen-bond acceptors (Lipinski definition) is 3. The fourth-order valence-corrected chi connectivity index (χ4v) is 2.76. The molecule has 2 heterocycles. The lowest BCUT2D eigenvalue weighted by atomic mass is 9.99. The number of aromatic nitrogens is 2. The first-order valence-corrected chi connectivity index (χ1v) is 7.90. The van der Waals surface area contributed by atoms with Crippen molar-refractivity contribution < 1.29 is 4.79 Å². The molecule has 1 amide bonds. The van der Waals surface area contributed by atoms with E-state index in [9.17, 15) is 4.79 Å². The normalized spacial score (nSPS) is 18.1. The average Bonchev–Trinajstić information content (AvgIpc) is 3.05. The molecule has 5 nitrogen and oxygen atoms in total. The molecule has 2 N–H and O–H groups in total. The second-order valence-electron chi connectivity index (χ2n) is 5.71. The topological polar surface area (TPSA) is 59.0 Å². The first-order valence-electron chi connectivity index (χ1n) is 7.90. The molecular formula is C17H22N4O. The van der Waals surface area contributed by atoms with Gasteiger partial charge in [-0.25, -0.2) is 4.68 Å². The molecule has 1 unspecified atom stereocenters. The third-order valence-electron chi connectivity index (χ3n) is 4.04. The number of carbonyl (C=O) groups is 1. The van der Waals surface area contributed by atoms with Crippen LogP contribution in [0.25, 0.3) is 5.69 Å². The molecular weight excluding hydrogens is 276 g/mol. The van der Waals surface area contributed by atoms with Crippen molar-refractivity contribution in [3.8, 4) is 5.69 Å². The zero-order chi connectivity index (χ0) is 15.2. The molecule has 116 valence electrons. The van der Waals surface area contributed by atoms with Crippen LogP contribution in [-0.4, -0.2) is 35.3 Å². The van der Waals surface area contributed by atoms with Crippen molar-refractivity contribution in [2.45, 2.75) is 19.3 Å². The van der Waals surface area contributed by atoms with Gasteiger partial charge in [0.25, 0.3) is 0 Å². The van der Waals surface area contributed by atoms with E-state index in [0.717, 1.165) is 43.6 Å². The van der Waals surface area contributed by atoms with Crippen LogP contribution < -0.4 is 10.6 Å². The fraction of sp³-hybridized carbons (Fsp3) is 0.412. The predicted octanol–water partition coefficient (Wildman–Crippen LogP) is 1.53. The Bertz CT molecular complexity index is 602. The van der Waals surface area contributed by atoms with E-state index in [-0.39, 0.29) is 11.8 Å². The summed E-state index contributed by atoms with van der Waals surface area (Å²) in [5.41, 5.74) is 2.18. The van der Waals surface area contributed by atoms with Gasteiger partial charge in [-0.15, -0.1) is 0 Å². The molecule has 1 atom stereocenters. The lowest BCUT2D eigenvalue weighted by Gasteiger charge is -2.21. The smallest absolute Gasteiger partial charge is 0.224 e. The lowest BCUT2D eigenvalue weighted by molar-refractivity contribution is -0.125. The van der Waals surface area contributed by atoms with Crippen LogP contribution >= 0.6 is 0 Å². The lowest BCUT2D eigenvalue weighted by Crippen LogP contribution is -2.41. The van der Waals surface area contributed by atoms with Crippen LogP contribution in [0.1, 0.15) is 18.4 Å². The van der Waals surface area contributed by atoms with Crippen molar-refractivity contribution in [3.05, 3.63) is 48.3 Å². The summed E-state index contributed by atoms with van der Waals surface area (Å²) in [6, 6.07) is 10.0. The molecule has 1 fully saturated rings. The van der Waals surface area contributed by atoms with Crippen LogP contribution in [-0.2, 0) is 11.2 Å². The van der Waals surface area contributed by atoms with Gasteiger partial charge in [0, 0.05) is 19.3 Å². The zero-order valence-corrected chi connectivity index (χ0v) is 12.7. The molecule has 5 heteroatoms. The quantitative estimate of drug-likeness (QED) is 0.880. The van der Waals surface area contributed by atoms with Gasteiger partial charge >= 0.3 is 0 Å². The van der Waals surface area contributed by atoms with Crippen molar-refractivity contribution in [1.29, 1.82) is 0 Å². The fourth-order valence-electron chi connectivity index (χ4n) is 2.76. The number of nitrogens with one attached hydrogen (secondary N) is 2. The van der Waals surface area contributed by atoms with Gasteiger partial charge in [0.05, 0.1) is 17.8 Å². The van der Waals surface area contributed by atoms with E-state index in [0.29, 0.717) is 6.54 Å². The Balaban J connectivity index is 1.48. The highest BCUT2D eigenvalue weighted by atomic mass is 16.1. The number of amides is 1. The Hall–Kier alpha value is -2.14. The molecule has 3 rings (SSSR count). The minimum atomic E-state index is 0.126. The van der Waals surface area contributed by atoms with Gasteiger partial charge in [-0.1, -0.05) is 18.2 Å². The van der Waals surface area contributed by atoms with Crippen molar-refractivity contribution >= 4 is 5.91 Å². The van der Waals surface area contributed by atoms with E-state index in [4.69, 9.17) is 0 Å². The van der Waals surface area contributed by atoms with Gasteiger partial charge < -0.3 is 10.6 Å². The van der Waals surface area contributed by atoms with E-state index in [1.165, 1.54) is 0 Å². The molecule has 1 saturated heterocycles. The molecule has 2 aromatic rings. The van der Waals surface area contributed by atoms with E-state index < -0.39 is 0 Å². The standard InChI is InChI=1S/C17H22N4O/c22-17(15-5-4-9-18-12-15)19-10-8-14-11-20-21(13-14)16-6-2-1-3-7-16/h1-3,6-7,11,13,15,18H,4-5,8-10,12H2,(H,19,22). The first kappa shape index (κ1) is 14.8. The van der Waals surface area contributed by atoms with Crippen LogP contribution in [0.5, 0.6) is 0 Å². The van der Waals surface area contributed by atoms with Crippen LogP contribution in [0.3, 0.4) is 0 Å². The van der Waals surface area contributed by atoms with Crippen molar-refractivity contribution in [2.24, 2.45) is 5.92 Å². The summed E-state index contributed by atoms with van der Waals surface area (Å²) in [5, 5.41) is 10.7. The number of hydrogen-bond donors (Lipinski definition) is 2. The monoisotopic (exact) mass is 298 g/mol. The average molecular weight is 298 g/mol. The predicted molar refractivity (Wildman–Crippen MR) is 85.9 cm³/mol. The Kier molecular flexibility index (Phi) is 4.85. The maximum atomic E-state index is 12.0. The minimum absolute atomic E-state index is 0.126. The van der Waals surface area contributed by atoms with Crippen LogP contribution in [0.15, 0.2) is 42.7 Å². The Morgan fingerprint density at radius 1 is 1.36 bits per heavy atom. The third kappa shape index (κ3) is 3.74. The number of nitrogens with zero attached hydrogens (tertiary/aromatic N) is 2. The number of rotatable bonds is 5. The Morgan fingerprint density at radius 2 is 2.23 bits per heavy atom. The molecule has 0 bridgehead atoms. The van der Waals surface area contributed by atoms with E-state index in [1.807, 2.05) is 47.4 Å². The molecule has 0 saturated carbocycles. The van der Waals surface area contributed by atoms with E-state index in [2.05, 4.69) is 15.7 Å². The first-order chi connectivity index (χ1) is 10.8. The molecule has 0 aliphatic carbocycles. The van der Waals surface area contributed by atoms with Crippen molar-refractivity contribution in [3.63, 3.8) is 0 Å². The summed E-state index contributed by atoms with van der Waals surface area (Å²) >= 11 is 0. The number of benzene rings is 1. The second kappa shape index (κ2) is 7.22. The van der Waals surface area contributed by atoms with Gasteiger partial charge in [-0.05, 0) is 43.5 Å². The second-order valence-corrected chi connectivity index (χ2v) is 5.71. The number of para-hydroxylation sites is 1. The molecule has 22 heavy (non-hydrogen) atoms. The van der Waals surface area contributed by atoms with Gasteiger partial charge in [-0.3, -0.25) is 4.79 Å². The SMILES string of the molecule is O=C(NCCc1cnn(-c2ccccc2)c1)C1CCCNC1. The highest BCUT2D eigenvalue weighted by molar-refractivity contribution is 5.78. The summed E-state index contributed by atoms with van der Waals surface area (Å²) in [4.78, 5) is 12.0. The summed E-state index contributed by atoms with van der Waals surface area (Å²) in [6.45, 7) is 2.50. The summed E-state index contributed by atoms with van der Waals surface area (Å²) in [7, 11) is 0. The van der Waals surface area contributed by atoms with Crippen LogP contribution in [0.2, 0.25) is 0 Å². The third-order valence-corrected chi connectivity index (χ3v) is 4.04. The van der Waals surface area contributed by atoms with Gasteiger partial charge in [0.15, 0.2) is 0 Å². The molecule has 1 aromatic heterocycles. The molecule has 1 aliphatic rings. The van der Waals surface area contributed by atoms with Crippen LogP contribution in [0.4, 0.5) is 0 Å². The van der Waals surface area contributed by atoms with Crippen molar-refractivity contribution in [2.75, 3.05) is 19.6 Å². The summed E-state index contributed by atoms with van der Waals surface area (Å²) in [6.07, 6.45) is 6.76. The van der Waals surface area contributed by atoms with Crippen LogP contribution in [0, 0.1) is 5.92 Å². The number of piperidine rings is 1. The molecule has 1 aromatic carbocycles. The number of carbonyl (C=O) groups excluding carboxylic acids is 1. The molecule has 1 aliphatic heterocycles. The zero-order valence-electron chi connectivity index (χ0n) is 12.7. The molecule has 0 spiro atoms. The molecule has 0 radical (unpaired) electrons. The summed E-state index contributed by atoms with van der Waals surface area (Å²) < 4.78 is 1.86. The Morgan fingerprint density at radius 3 is 3.00 bits per heavy atom. The Labute approximate surface area is 130 Å². The minimum Gasteiger partial charge on any atom is -0.355 e. The van der Waals surface area contributed by atoms with E-state index in [1.54, 1.807) is 0 Å². The maximum Gasteiger partial charge on any atom is 0.224 e. The van der Waals surface area contributed by atoms with Gasteiger partial charge in [0.2, 0.25) is 5.91 Å². The highest BCUT2D eigenvalue weighted by Crippen LogP contribution is 2.10. The van der Waals surface area contributed by atoms with Gasteiger partial charge in [0.1, 0.15) is 0 Å². The van der Waals surface area contributed by atoms with E-state index >= 15 is 0 Å². The van der Waals surface area contributed by atoms with Crippen molar-refractivity contribution in [1.82, 2.24) is 20.4 Å². The summed E-state index contributed by atoms with van der Waals surface area (Å²) in [5.74, 6) is 0.295. The maximum absolute atomic E-state index is 12.0. The highest BCUT2D eigenvalue weighted by Gasteiger charge is 2.20. The largest absolute Gasteiger partial charge is 0.355 e.